The van der Waals surface area contributed by atoms with Gasteiger partial charge in [-0.25, -0.2) is 0 Å². The predicted molar refractivity (Wildman–Crippen MR) is 49.6 cm³/mol. The van der Waals surface area contributed by atoms with E-state index in [0.717, 1.165) is 6.42 Å². The maximum atomic E-state index is 8.84. The summed E-state index contributed by atoms with van der Waals surface area (Å²) in [6.45, 7) is 0.0609. The van der Waals surface area contributed by atoms with Gasteiger partial charge < -0.3 is 5.11 Å². The third kappa shape index (κ3) is 2.41. The van der Waals surface area contributed by atoms with Gasteiger partial charge in [-0.05, 0) is 12.0 Å². The number of aliphatic hydroxyl groups is 1. The average Bonchev–Trinajstić information content (AvgIpc) is 2.16. The molecule has 0 heterocycles. The Balaban J connectivity index is 2.58. The average molecular weight is 160 g/mol. The molecule has 0 aliphatic heterocycles. The van der Waals surface area contributed by atoms with Gasteiger partial charge in [0.25, 0.3) is 0 Å². The summed E-state index contributed by atoms with van der Waals surface area (Å²) in [6, 6.07) is 9.94. The molecule has 0 aliphatic rings. The van der Waals surface area contributed by atoms with E-state index in [2.05, 4.69) is 5.92 Å². The quantitative estimate of drug-likeness (QED) is 0.664. The van der Waals surface area contributed by atoms with E-state index in [1.807, 2.05) is 30.3 Å². The summed E-state index contributed by atoms with van der Waals surface area (Å²) < 4.78 is 0. The number of hydrogen-bond acceptors (Lipinski definition) is 1. The molecule has 0 spiro atoms. The van der Waals surface area contributed by atoms with E-state index in [0.29, 0.717) is 0 Å². The fourth-order valence-electron chi connectivity index (χ4n) is 1.07. The van der Waals surface area contributed by atoms with Gasteiger partial charge in [0, 0.05) is 5.92 Å². The first-order valence-corrected chi connectivity index (χ1v) is 3.97. The van der Waals surface area contributed by atoms with Crippen LogP contribution in [0.15, 0.2) is 30.3 Å². The molecule has 12 heavy (non-hydrogen) atoms. The van der Waals surface area contributed by atoms with Crippen LogP contribution in [0.4, 0.5) is 0 Å². The molecule has 62 valence electrons. The minimum absolute atomic E-state index is 0.0487. The standard InChI is InChI=1S/C11H12O/c1-2-10(9-12)8-11-6-4-3-5-7-11/h1,3-7,10,12H,8-9H2. The van der Waals surface area contributed by atoms with E-state index >= 15 is 0 Å². The van der Waals surface area contributed by atoms with E-state index < -0.39 is 0 Å². The van der Waals surface area contributed by atoms with Crippen molar-refractivity contribution in [1.82, 2.24) is 0 Å². The zero-order valence-corrected chi connectivity index (χ0v) is 6.90. The summed E-state index contributed by atoms with van der Waals surface area (Å²) in [5, 5.41) is 8.84. The van der Waals surface area contributed by atoms with Crippen molar-refractivity contribution in [2.24, 2.45) is 5.92 Å². The van der Waals surface area contributed by atoms with Crippen LogP contribution in [0.5, 0.6) is 0 Å². The fourth-order valence-corrected chi connectivity index (χ4v) is 1.07. The van der Waals surface area contributed by atoms with Crippen LogP contribution >= 0.6 is 0 Å². The Bertz CT molecular complexity index is 258. The van der Waals surface area contributed by atoms with E-state index in [-0.39, 0.29) is 12.5 Å². The Hall–Kier alpha value is -1.26. The highest BCUT2D eigenvalue weighted by atomic mass is 16.3. The second kappa shape index (κ2) is 4.58. The summed E-state index contributed by atoms with van der Waals surface area (Å²) in [5.74, 6) is 2.50. The monoisotopic (exact) mass is 160 g/mol. The van der Waals surface area contributed by atoms with Crippen molar-refractivity contribution in [3.8, 4) is 12.3 Å². The van der Waals surface area contributed by atoms with Gasteiger partial charge in [-0.2, -0.15) is 0 Å². The lowest BCUT2D eigenvalue weighted by Crippen LogP contribution is -2.06. The first kappa shape index (κ1) is 8.83. The number of rotatable bonds is 3. The highest BCUT2D eigenvalue weighted by Gasteiger charge is 2.02. The number of terminal acetylenes is 1. The van der Waals surface area contributed by atoms with Gasteiger partial charge in [-0.1, -0.05) is 30.3 Å². The molecule has 1 unspecified atom stereocenters. The molecule has 0 saturated carbocycles. The summed E-state index contributed by atoms with van der Waals surface area (Å²) in [4.78, 5) is 0. The van der Waals surface area contributed by atoms with Crippen molar-refractivity contribution in [2.75, 3.05) is 6.61 Å². The molecule has 0 aromatic heterocycles. The van der Waals surface area contributed by atoms with Crippen LogP contribution in [0, 0.1) is 18.3 Å². The molecule has 1 aromatic carbocycles. The molecule has 0 fully saturated rings. The molecule has 0 aliphatic carbocycles. The zero-order chi connectivity index (χ0) is 8.81. The largest absolute Gasteiger partial charge is 0.395 e. The van der Waals surface area contributed by atoms with Crippen molar-refractivity contribution < 1.29 is 5.11 Å². The molecule has 0 saturated heterocycles. The van der Waals surface area contributed by atoms with E-state index in [9.17, 15) is 0 Å². The molecule has 1 heteroatoms. The Labute approximate surface area is 73.0 Å². The van der Waals surface area contributed by atoms with Gasteiger partial charge in [-0.3, -0.25) is 0 Å². The van der Waals surface area contributed by atoms with Gasteiger partial charge in [-0.15, -0.1) is 12.3 Å². The maximum absolute atomic E-state index is 8.84. The molecule has 0 amide bonds. The summed E-state index contributed by atoms with van der Waals surface area (Å²) in [6.07, 6.45) is 5.98. The first-order chi connectivity index (χ1) is 5.86. The molecule has 0 radical (unpaired) electrons. The molecule has 1 aromatic rings. The van der Waals surface area contributed by atoms with Crippen LogP contribution in [-0.4, -0.2) is 11.7 Å². The van der Waals surface area contributed by atoms with Crippen molar-refractivity contribution in [2.45, 2.75) is 6.42 Å². The highest BCUT2D eigenvalue weighted by molar-refractivity contribution is 5.17. The molecule has 1 rings (SSSR count). The van der Waals surface area contributed by atoms with Gasteiger partial charge in [0.05, 0.1) is 6.61 Å². The highest BCUT2D eigenvalue weighted by Crippen LogP contribution is 2.06. The lowest BCUT2D eigenvalue weighted by atomic mass is 10.0. The smallest absolute Gasteiger partial charge is 0.0572 e. The molecule has 1 atom stereocenters. The fraction of sp³-hybridized carbons (Fsp3) is 0.273. The molecule has 0 bridgehead atoms. The minimum Gasteiger partial charge on any atom is -0.395 e. The maximum Gasteiger partial charge on any atom is 0.0572 e. The van der Waals surface area contributed by atoms with Crippen molar-refractivity contribution in [3.05, 3.63) is 35.9 Å². The van der Waals surface area contributed by atoms with Crippen LogP contribution in [0.3, 0.4) is 0 Å². The first-order valence-electron chi connectivity index (χ1n) is 3.97. The van der Waals surface area contributed by atoms with Crippen molar-refractivity contribution in [1.29, 1.82) is 0 Å². The minimum atomic E-state index is -0.0487. The molecule has 1 nitrogen and oxygen atoms in total. The number of hydrogen-bond donors (Lipinski definition) is 1. The van der Waals surface area contributed by atoms with Crippen LogP contribution in [-0.2, 0) is 6.42 Å². The Morgan fingerprint density at radius 1 is 1.33 bits per heavy atom. The normalized spacial score (nSPS) is 12.0. The number of aliphatic hydroxyl groups excluding tert-OH is 1. The van der Waals surface area contributed by atoms with Gasteiger partial charge in [0.2, 0.25) is 0 Å². The summed E-state index contributed by atoms with van der Waals surface area (Å²) >= 11 is 0. The van der Waals surface area contributed by atoms with Crippen LogP contribution in [0.1, 0.15) is 5.56 Å². The zero-order valence-electron chi connectivity index (χ0n) is 6.90. The Kier molecular flexibility index (Phi) is 3.37. The summed E-state index contributed by atoms with van der Waals surface area (Å²) in [5.41, 5.74) is 1.18. The van der Waals surface area contributed by atoms with Crippen LogP contribution in [0.2, 0.25) is 0 Å². The SMILES string of the molecule is C#CC(CO)Cc1ccccc1. The Morgan fingerprint density at radius 2 is 2.00 bits per heavy atom. The lowest BCUT2D eigenvalue weighted by Gasteiger charge is -2.05. The molecular weight excluding hydrogens is 148 g/mol. The second-order valence-electron chi connectivity index (χ2n) is 2.74. The predicted octanol–water partition coefficient (Wildman–Crippen LogP) is 1.47. The third-order valence-corrected chi connectivity index (χ3v) is 1.78. The number of benzene rings is 1. The van der Waals surface area contributed by atoms with Crippen LogP contribution in [0.25, 0.3) is 0 Å². The van der Waals surface area contributed by atoms with Crippen molar-refractivity contribution in [3.63, 3.8) is 0 Å². The van der Waals surface area contributed by atoms with E-state index in [4.69, 9.17) is 11.5 Å². The third-order valence-electron chi connectivity index (χ3n) is 1.78. The molecule has 1 N–H and O–H groups in total. The van der Waals surface area contributed by atoms with Gasteiger partial charge >= 0.3 is 0 Å². The second-order valence-corrected chi connectivity index (χ2v) is 2.74. The van der Waals surface area contributed by atoms with Gasteiger partial charge in [0.1, 0.15) is 0 Å². The molecular formula is C11H12O. The topological polar surface area (TPSA) is 20.2 Å². The Morgan fingerprint density at radius 3 is 2.50 bits per heavy atom. The van der Waals surface area contributed by atoms with E-state index in [1.54, 1.807) is 0 Å². The summed E-state index contributed by atoms with van der Waals surface area (Å²) in [7, 11) is 0. The van der Waals surface area contributed by atoms with Crippen LogP contribution < -0.4 is 0 Å². The van der Waals surface area contributed by atoms with E-state index in [1.165, 1.54) is 5.56 Å². The lowest BCUT2D eigenvalue weighted by molar-refractivity contribution is 0.257. The van der Waals surface area contributed by atoms with Gasteiger partial charge in [0.15, 0.2) is 0 Å². The van der Waals surface area contributed by atoms with Crippen molar-refractivity contribution >= 4 is 0 Å².